The van der Waals surface area contributed by atoms with Crippen molar-refractivity contribution in [1.82, 2.24) is 9.78 Å². The van der Waals surface area contributed by atoms with E-state index in [0.29, 0.717) is 10.7 Å². The van der Waals surface area contributed by atoms with E-state index in [4.69, 9.17) is 23.2 Å². The number of anilines is 1. The molecule has 0 radical (unpaired) electrons. The Bertz CT molecular complexity index is 695. The summed E-state index contributed by atoms with van der Waals surface area (Å²) in [6.07, 6.45) is 1.52. The summed E-state index contributed by atoms with van der Waals surface area (Å²) in [7, 11) is 0. The average Bonchev–Trinajstić information content (AvgIpc) is 2.70. The van der Waals surface area contributed by atoms with Crippen molar-refractivity contribution in [2.45, 2.75) is 13.5 Å². The molecule has 0 unspecified atom stereocenters. The highest BCUT2D eigenvalue weighted by Crippen LogP contribution is 2.26. The molecule has 0 spiro atoms. The highest BCUT2D eigenvalue weighted by Gasteiger charge is 2.13. The Morgan fingerprint density at radius 2 is 2.14 bits per heavy atom. The van der Waals surface area contributed by atoms with Crippen LogP contribution in [0.1, 0.15) is 5.69 Å². The number of amides is 1. The van der Waals surface area contributed by atoms with Crippen molar-refractivity contribution in [3.63, 3.8) is 0 Å². The smallest absolute Gasteiger partial charge is 0.271 e. The summed E-state index contributed by atoms with van der Waals surface area (Å²) in [4.78, 5) is 22.0. The number of benzene rings is 1. The molecule has 0 aliphatic carbocycles. The lowest BCUT2D eigenvalue weighted by Crippen LogP contribution is -2.19. The second kappa shape index (κ2) is 6.11. The van der Waals surface area contributed by atoms with Gasteiger partial charge in [-0.25, -0.2) is 0 Å². The molecule has 9 heteroatoms. The zero-order valence-corrected chi connectivity index (χ0v) is 12.4. The fraction of sp³-hybridized carbons (Fsp3) is 0.167. The first kappa shape index (κ1) is 15.3. The molecule has 110 valence electrons. The molecule has 1 N–H and O–H groups in total. The number of hydrogen-bond acceptors (Lipinski definition) is 4. The lowest BCUT2D eigenvalue weighted by Gasteiger charge is -2.07. The summed E-state index contributed by atoms with van der Waals surface area (Å²) in [5.41, 5.74) is 0.622. The number of nitrogens with one attached hydrogen (secondary N) is 1. The number of rotatable bonds is 4. The first-order valence-electron chi connectivity index (χ1n) is 5.80. The molecule has 1 amide bonds. The fourth-order valence-electron chi connectivity index (χ4n) is 1.63. The molecule has 0 fully saturated rings. The van der Waals surface area contributed by atoms with Gasteiger partial charge in [0.15, 0.2) is 0 Å². The number of carbonyl (C=O) groups excluding carboxylic acids is 1. The van der Waals surface area contributed by atoms with E-state index in [1.807, 2.05) is 0 Å². The van der Waals surface area contributed by atoms with Crippen LogP contribution >= 0.6 is 23.2 Å². The topological polar surface area (TPSA) is 90.1 Å². The summed E-state index contributed by atoms with van der Waals surface area (Å²) < 4.78 is 1.37. The van der Waals surface area contributed by atoms with Crippen LogP contribution in [-0.4, -0.2) is 20.6 Å². The van der Waals surface area contributed by atoms with Crippen LogP contribution in [0.2, 0.25) is 10.0 Å². The van der Waals surface area contributed by atoms with Gasteiger partial charge < -0.3 is 5.32 Å². The molecule has 1 heterocycles. The third-order valence-corrected chi connectivity index (χ3v) is 3.33. The van der Waals surface area contributed by atoms with E-state index < -0.39 is 10.8 Å². The zero-order valence-electron chi connectivity index (χ0n) is 10.8. The van der Waals surface area contributed by atoms with E-state index in [9.17, 15) is 14.9 Å². The molecule has 0 aliphatic rings. The van der Waals surface area contributed by atoms with E-state index in [0.717, 1.165) is 0 Å². The largest absolute Gasteiger partial charge is 0.323 e. The number of halogens is 2. The maximum absolute atomic E-state index is 11.9. The van der Waals surface area contributed by atoms with Crippen LogP contribution in [0.5, 0.6) is 0 Å². The zero-order chi connectivity index (χ0) is 15.6. The number of nitrogens with zero attached hydrogens (tertiary/aromatic N) is 3. The van der Waals surface area contributed by atoms with Crippen LogP contribution in [0.3, 0.4) is 0 Å². The Morgan fingerprint density at radius 3 is 2.71 bits per heavy atom. The molecule has 0 bridgehead atoms. The predicted molar refractivity (Wildman–Crippen MR) is 78.7 cm³/mol. The van der Waals surface area contributed by atoms with Crippen molar-refractivity contribution in [2.24, 2.45) is 0 Å². The van der Waals surface area contributed by atoms with Gasteiger partial charge in [-0.2, -0.15) is 5.10 Å². The molecule has 21 heavy (non-hydrogen) atoms. The van der Waals surface area contributed by atoms with Gasteiger partial charge in [0.05, 0.1) is 26.3 Å². The highest BCUT2D eigenvalue weighted by molar-refractivity contribution is 6.33. The van der Waals surface area contributed by atoms with E-state index in [-0.39, 0.29) is 22.9 Å². The number of nitro groups is 1. The fourth-order valence-corrected chi connectivity index (χ4v) is 1.95. The summed E-state index contributed by atoms with van der Waals surface area (Å²) in [6.45, 7) is 1.64. The van der Waals surface area contributed by atoms with E-state index >= 15 is 0 Å². The molecule has 0 saturated carbocycles. The molecule has 7 nitrogen and oxygen atoms in total. The lowest BCUT2D eigenvalue weighted by atomic mass is 10.3. The van der Waals surface area contributed by atoms with Crippen molar-refractivity contribution < 1.29 is 9.72 Å². The number of carbonyl (C=O) groups is 1. The third kappa shape index (κ3) is 3.71. The summed E-state index contributed by atoms with van der Waals surface area (Å²) >= 11 is 11.7. The molecule has 2 aromatic rings. The van der Waals surface area contributed by atoms with Gasteiger partial charge in [0.1, 0.15) is 6.54 Å². The van der Waals surface area contributed by atoms with Crippen LogP contribution in [0, 0.1) is 17.0 Å². The molecule has 0 aliphatic heterocycles. The van der Waals surface area contributed by atoms with Crippen molar-refractivity contribution in [3.05, 3.63) is 50.2 Å². The minimum atomic E-state index is -0.567. The second-order valence-electron chi connectivity index (χ2n) is 4.23. The van der Waals surface area contributed by atoms with Crippen LogP contribution in [0.15, 0.2) is 24.4 Å². The van der Waals surface area contributed by atoms with Crippen molar-refractivity contribution in [2.75, 3.05) is 5.32 Å². The molecule has 0 atom stereocenters. The first-order valence-corrected chi connectivity index (χ1v) is 6.56. The summed E-state index contributed by atoms with van der Waals surface area (Å²) in [5.74, 6) is -0.420. The second-order valence-corrected chi connectivity index (χ2v) is 5.04. The number of aromatic nitrogens is 2. The van der Waals surface area contributed by atoms with Crippen LogP contribution in [0.4, 0.5) is 11.4 Å². The molecular weight excluding hydrogens is 319 g/mol. The van der Waals surface area contributed by atoms with Crippen molar-refractivity contribution in [1.29, 1.82) is 0 Å². The Hall–Kier alpha value is -2.12. The quantitative estimate of drug-likeness (QED) is 0.689. The summed E-state index contributed by atoms with van der Waals surface area (Å²) in [5, 5.41) is 17.9. The Kier molecular flexibility index (Phi) is 4.44. The maximum atomic E-state index is 11.9. The normalized spacial score (nSPS) is 10.4. The van der Waals surface area contributed by atoms with Gasteiger partial charge in [-0.15, -0.1) is 0 Å². The van der Waals surface area contributed by atoms with Gasteiger partial charge in [0.25, 0.3) is 5.69 Å². The Labute approximate surface area is 129 Å². The monoisotopic (exact) mass is 328 g/mol. The number of nitro benzene ring substituents is 1. The Balaban J connectivity index is 2.12. The minimum Gasteiger partial charge on any atom is -0.323 e. The lowest BCUT2D eigenvalue weighted by molar-refractivity contribution is -0.384. The SMILES string of the molecule is Cc1nn(CC(=O)Nc2cc([N+](=O)[O-])ccc2Cl)cc1Cl. The molecule has 0 saturated heterocycles. The number of aryl methyl sites for hydroxylation is 1. The molecule has 1 aromatic heterocycles. The molecule has 2 rings (SSSR count). The minimum absolute atomic E-state index is 0.0768. The maximum Gasteiger partial charge on any atom is 0.271 e. The van der Waals surface area contributed by atoms with Crippen LogP contribution in [-0.2, 0) is 11.3 Å². The van der Waals surface area contributed by atoms with Crippen LogP contribution in [0.25, 0.3) is 0 Å². The Morgan fingerprint density at radius 1 is 1.43 bits per heavy atom. The van der Waals surface area contributed by atoms with E-state index in [1.165, 1.54) is 29.1 Å². The van der Waals surface area contributed by atoms with Gasteiger partial charge in [-0.3, -0.25) is 19.6 Å². The predicted octanol–water partition coefficient (Wildman–Crippen LogP) is 3.05. The number of non-ortho nitro benzene ring substituents is 1. The van der Waals surface area contributed by atoms with Gasteiger partial charge in [0, 0.05) is 18.3 Å². The molecule has 1 aromatic carbocycles. The van der Waals surface area contributed by atoms with Crippen LogP contribution < -0.4 is 5.32 Å². The standard InChI is InChI=1S/C12H10Cl2N4O3/c1-7-10(14)5-17(16-7)6-12(19)15-11-4-8(18(20)21)2-3-9(11)13/h2-5H,6H2,1H3,(H,15,19). The number of hydrogen-bond donors (Lipinski definition) is 1. The molecular formula is C12H10Cl2N4O3. The highest BCUT2D eigenvalue weighted by atomic mass is 35.5. The van der Waals surface area contributed by atoms with E-state index in [1.54, 1.807) is 6.92 Å². The van der Waals surface area contributed by atoms with Crippen molar-refractivity contribution in [3.8, 4) is 0 Å². The van der Waals surface area contributed by atoms with E-state index in [2.05, 4.69) is 10.4 Å². The average molecular weight is 329 g/mol. The first-order chi connectivity index (χ1) is 9.86. The third-order valence-electron chi connectivity index (χ3n) is 2.63. The van der Waals surface area contributed by atoms with Gasteiger partial charge in [-0.05, 0) is 13.0 Å². The van der Waals surface area contributed by atoms with Crippen molar-refractivity contribution >= 4 is 40.5 Å². The van der Waals surface area contributed by atoms with Gasteiger partial charge >= 0.3 is 0 Å². The summed E-state index contributed by atoms with van der Waals surface area (Å²) in [6, 6.07) is 3.81. The van der Waals surface area contributed by atoms with Gasteiger partial charge in [-0.1, -0.05) is 23.2 Å². The van der Waals surface area contributed by atoms with Gasteiger partial charge in [0.2, 0.25) is 5.91 Å².